The zero-order valence-corrected chi connectivity index (χ0v) is 9.47. The van der Waals surface area contributed by atoms with Crippen LogP contribution in [-0.4, -0.2) is 17.5 Å². The molecule has 0 spiro atoms. The van der Waals surface area contributed by atoms with Crippen molar-refractivity contribution < 1.29 is 9.84 Å². The van der Waals surface area contributed by atoms with Crippen LogP contribution in [0.25, 0.3) is 0 Å². The normalized spacial score (nSPS) is 9.00. The second-order valence-corrected chi connectivity index (χ2v) is 3.42. The first-order valence-corrected chi connectivity index (χ1v) is 5.32. The van der Waals surface area contributed by atoms with Crippen molar-refractivity contribution in [3.63, 3.8) is 0 Å². The first-order chi connectivity index (χ1) is 6.77. The van der Waals surface area contributed by atoms with Gasteiger partial charge in [-0.15, -0.1) is 0 Å². The maximum absolute atomic E-state index is 9.46. The number of benzene rings is 1. The van der Waals surface area contributed by atoms with E-state index in [1.54, 1.807) is 25.3 Å². The smallest absolute Gasteiger partial charge is 0.131 e. The van der Waals surface area contributed by atoms with Crippen LogP contribution in [0.2, 0.25) is 0 Å². The summed E-state index contributed by atoms with van der Waals surface area (Å²) < 4.78 is 5.03. The van der Waals surface area contributed by atoms with Gasteiger partial charge in [-0.1, -0.05) is 27.8 Å². The predicted molar refractivity (Wildman–Crippen MR) is 59.9 cm³/mol. The van der Waals surface area contributed by atoms with Crippen LogP contribution in [0.5, 0.6) is 11.5 Å². The fourth-order valence-corrected chi connectivity index (χ4v) is 1.15. The van der Waals surface area contributed by atoms with Crippen LogP contribution in [0.15, 0.2) is 18.2 Å². The molecular formula is C11H11BrO2. The van der Waals surface area contributed by atoms with Crippen LogP contribution in [0.1, 0.15) is 12.0 Å². The molecule has 1 aromatic rings. The monoisotopic (exact) mass is 254 g/mol. The molecule has 1 rings (SSSR count). The van der Waals surface area contributed by atoms with Gasteiger partial charge >= 0.3 is 0 Å². The third kappa shape index (κ3) is 2.97. The fraction of sp³-hybridized carbons (Fsp3) is 0.273. The lowest BCUT2D eigenvalue weighted by Crippen LogP contribution is -1.84. The van der Waals surface area contributed by atoms with Crippen molar-refractivity contribution in [3.8, 4) is 23.3 Å². The standard InChI is InChI=1S/C11H11BrO2/c1-14-10-5-6-11(13)9(8-10)4-2-3-7-12/h5-6,8,13H,3,7H2,1H3. The number of hydrogen-bond acceptors (Lipinski definition) is 2. The number of methoxy groups -OCH3 is 1. The average molecular weight is 255 g/mol. The lowest BCUT2D eigenvalue weighted by Gasteiger charge is -2.01. The molecule has 2 nitrogen and oxygen atoms in total. The van der Waals surface area contributed by atoms with Gasteiger partial charge in [-0.05, 0) is 18.2 Å². The summed E-state index contributed by atoms with van der Waals surface area (Å²) in [7, 11) is 1.59. The Morgan fingerprint density at radius 3 is 2.93 bits per heavy atom. The van der Waals surface area contributed by atoms with Gasteiger partial charge in [0.25, 0.3) is 0 Å². The van der Waals surface area contributed by atoms with Gasteiger partial charge in [-0.25, -0.2) is 0 Å². The first-order valence-electron chi connectivity index (χ1n) is 4.19. The second kappa shape index (κ2) is 5.56. The first kappa shape index (κ1) is 10.9. The zero-order valence-electron chi connectivity index (χ0n) is 7.88. The highest BCUT2D eigenvalue weighted by Crippen LogP contribution is 2.21. The molecule has 0 saturated heterocycles. The topological polar surface area (TPSA) is 29.5 Å². The molecule has 0 saturated carbocycles. The minimum atomic E-state index is 0.188. The molecule has 0 bridgehead atoms. The molecule has 74 valence electrons. The van der Waals surface area contributed by atoms with Crippen LogP contribution in [0.3, 0.4) is 0 Å². The van der Waals surface area contributed by atoms with Crippen molar-refractivity contribution in [2.45, 2.75) is 6.42 Å². The van der Waals surface area contributed by atoms with E-state index in [1.165, 1.54) is 0 Å². The van der Waals surface area contributed by atoms with Crippen molar-refractivity contribution >= 4 is 15.9 Å². The molecule has 0 fully saturated rings. The number of alkyl halides is 1. The van der Waals surface area contributed by atoms with Gasteiger partial charge in [-0.3, -0.25) is 0 Å². The summed E-state index contributed by atoms with van der Waals surface area (Å²) in [4.78, 5) is 0. The maximum Gasteiger partial charge on any atom is 0.131 e. The molecule has 0 aliphatic heterocycles. The third-order valence-electron chi connectivity index (χ3n) is 1.65. The van der Waals surface area contributed by atoms with Crippen molar-refractivity contribution in [2.24, 2.45) is 0 Å². The van der Waals surface area contributed by atoms with E-state index in [1.807, 2.05) is 0 Å². The highest BCUT2D eigenvalue weighted by molar-refractivity contribution is 9.09. The van der Waals surface area contributed by atoms with E-state index in [9.17, 15) is 5.11 Å². The van der Waals surface area contributed by atoms with E-state index in [-0.39, 0.29) is 5.75 Å². The molecule has 0 aromatic heterocycles. The van der Waals surface area contributed by atoms with Crippen molar-refractivity contribution in [1.29, 1.82) is 0 Å². The summed E-state index contributed by atoms with van der Waals surface area (Å²) in [6.45, 7) is 0. The minimum absolute atomic E-state index is 0.188. The summed E-state index contributed by atoms with van der Waals surface area (Å²) in [6, 6.07) is 5.00. The van der Waals surface area contributed by atoms with E-state index >= 15 is 0 Å². The number of rotatable bonds is 2. The summed E-state index contributed by atoms with van der Waals surface area (Å²) in [5.74, 6) is 6.70. The zero-order chi connectivity index (χ0) is 10.4. The molecule has 0 heterocycles. The summed E-state index contributed by atoms with van der Waals surface area (Å²) in [5.41, 5.74) is 0.602. The average Bonchev–Trinajstić information content (AvgIpc) is 2.21. The van der Waals surface area contributed by atoms with Gasteiger partial charge in [0.15, 0.2) is 0 Å². The Morgan fingerprint density at radius 2 is 2.29 bits per heavy atom. The van der Waals surface area contributed by atoms with Gasteiger partial charge < -0.3 is 9.84 Å². The number of phenolic OH excluding ortho intramolecular Hbond substituents is 1. The third-order valence-corrected chi connectivity index (χ3v) is 2.04. The fourth-order valence-electron chi connectivity index (χ4n) is 0.947. The quantitative estimate of drug-likeness (QED) is 0.650. The van der Waals surface area contributed by atoms with Gasteiger partial charge in [0, 0.05) is 11.8 Å². The molecule has 14 heavy (non-hydrogen) atoms. The number of halogens is 1. The highest BCUT2D eigenvalue weighted by Gasteiger charge is 1.99. The molecule has 3 heteroatoms. The van der Waals surface area contributed by atoms with E-state index in [2.05, 4.69) is 27.8 Å². The molecular weight excluding hydrogens is 244 g/mol. The lowest BCUT2D eigenvalue weighted by molar-refractivity contribution is 0.412. The minimum Gasteiger partial charge on any atom is -0.507 e. The predicted octanol–water partition coefficient (Wildman–Crippen LogP) is 2.54. The molecule has 1 aromatic carbocycles. The number of phenols is 1. The van der Waals surface area contributed by atoms with Gasteiger partial charge in [0.2, 0.25) is 0 Å². The van der Waals surface area contributed by atoms with Gasteiger partial charge in [-0.2, -0.15) is 0 Å². The second-order valence-electron chi connectivity index (χ2n) is 2.62. The Bertz CT molecular complexity index is 363. The van der Waals surface area contributed by atoms with Crippen LogP contribution in [0.4, 0.5) is 0 Å². The van der Waals surface area contributed by atoms with E-state index in [0.717, 1.165) is 11.8 Å². The molecule has 0 atom stereocenters. The Kier molecular flexibility index (Phi) is 4.34. The summed E-state index contributed by atoms with van der Waals surface area (Å²) in [5, 5.41) is 10.3. The number of ether oxygens (including phenoxy) is 1. The lowest BCUT2D eigenvalue weighted by atomic mass is 10.2. The van der Waals surface area contributed by atoms with Crippen LogP contribution < -0.4 is 4.74 Å². The number of aromatic hydroxyl groups is 1. The SMILES string of the molecule is COc1ccc(O)c(C#CCCBr)c1. The van der Waals surface area contributed by atoms with Crippen LogP contribution >= 0.6 is 15.9 Å². The Hall–Kier alpha value is -1.14. The van der Waals surface area contributed by atoms with Gasteiger partial charge in [0.1, 0.15) is 11.5 Å². The van der Waals surface area contributed by atoms with Gasteiger partial charge in [0.05, 0.1) is 12.7 Å². The molecule has 0 radical (unpaired) electrons. The van der Waals surface area contributed by atoms with Crippen LogP contribution in [0, 0.1) is 11.8 Å². The molecule has 0 aliphatic carbocycles. The van der Waals surface area contributed by atoms with E-state index < -0.39 is 0 Å². The van der Waals surface area contributed by atoms with E-state index in [4.69, 9.17) is 4.74 Å². The largest absolute Gasteiger partial charge is 0.507 e. The molecule has 0 aliphatic rings. The molecule has 0 amide bonds. The Balaban J connectivity index is 2.91. The highest BCUT2D eigenvalue weighted by atomic mass is 79.9. The Labute approximate surface area is 92.0 Å². The molecule has 1 N–H and O–H groups in total. The maximum atomic E-state index is 9.46. The van der Waals surface area contributed by atoms with E-state index in [0.29, 0.717) is 11.3 Å². The van der Waals surface area contributed by atoms with Crippen molar-refractivity contribution in [2.75, 3.05) is 12.4 Å². The Morgan fingerprint density at radius 1 is 1.50 bits per heavy atom. The number of hydrogen-bond donors (Lipinski definition) is 1. The van der Waals surface area contributed by atoms with Crippen LogP contribution in [-0.2, 0) is 0 Å². The van der Waals surface area contributed by atoms with Crippen molar-refractivity contribution in [3.05, 3.63) is 23.8 Å². The van der Waals surface area contributed by atoms with Crippen molar-refractivity contribution in [1.82, 2.24) is 0 Å². The molecule has 0 unspecified atom stereocenters. The summed E-state index contributed by atoms with van der Waals surface area (Å²) in [6.07, 6.45) is 0.761. The summed E-state index contributed by atoms with van der Waals surface area (Å²) >= 11 is 3.28.